The Labute approximate surface area is 321 Å². The van der Waals surface area contributed by atoms with Crippen molar-refractivity contribution in [1.29, 1.82) is 0 Å². The largest absolute Gasteiger partial charge is 0.505 e. The summed E-state index contributed by atoms with van der Waals surface area (Å²) in [5, 5.41) is 23.5. The van der Waals surface area contributed by atoms with Crippen LogP contribution >= 0.6 is 11.6 Å². The monoisotopic (exact) mass is 810 g/mol. The van der Waals surface area contributed by atoms with E-state index in [-0.39, 0.29) is 28.8 Å². The number of rotatable bonds is 16. The standard InChI is InChI=1S/C37H35ClN4O11S2/c1-2-3-4-8-23-13-15-25(16-14-23)53-30-12-6-5-11-28(30)41-42-36-32(55(49,50)51)20-27-31(54(46,47)48)18-17-29(35(27)37(36)45)40-34(44)22-52-26-10-7-9-24(19-26)39-33(43)21-38/h5-7,9-20,45H,2-4,8,21-22H2,1H3,(H,39,43)(H,40,44)(H,46,47,48)(H,49,50,51). The number of hydrogen-bond donors (Lipinski definition) is 5. The molecule has 0 bridgehead atoms. The number of carbonyl (C=O) groups is 2. The maximum atomic E-state index is 13.1. The van der Waals surface area contributed by atoms with Crippen molar-refractivity contribution in [3.8, 4) is 23.0 Å². The summed E-state index contributed by atoms with van der Waals surface area (Å²) in [5.74, 6) is -1.73. The van der Waals surface area contributed by atoms with E-state index in [1.54, 1.807) is 42.5 Å². The van der Waals surface area contributed by atoms with E-state index in [1.807, 2.05) is 12.1 Å². The number of azo groups is 1. The van der Waals surface area contributed by atoms with Crippen molar-refractivity contribution in [2.45, 2.75) is 42.4 Å². The molecule has 0 saturated heterocycles. The van der Waals surface area contributed by atoms with E-state index >= 15 is 0 Å². The van der Waals surface area contributed by atoms with E-state index in [9.17, 15) is 40.6 Å². The predicted molar refractivity (Wildman–Crippen MR) is 206 cm³/mol. The van der Waals surface area contributed by atoms with Gasteiger partial charge >= 0.3 is 0 Å². The number of phenols is 1. The molecule has 55 heavy (non-hydrogen) atoms. The second kappa shape index (κ2) is 17.7. The lowest BCUT2D eigenvalue weighted by Gasteiger charge is -2.16. The van der Waals surface area contributed by atoms with Crippen LogP contribution in [0, 0.1) is 0 Å². The predicted octanol–water partition coefficient (Wildman–Crippen LogP) is 8.17. The van der Waals surface area contributed by atoms with Gasteiger partial charge < -0.3 is 25.2 Å². The number of alkyl halides is 1. The minimum atomic E-state index is -5.24. The number of aryl methyl sites for hydroxylation is 1. The summed E-state index contributed by atoms with van der Waals surface area (Å²) in [5.41, 5.74) is 0.489. The molecule has 288 valence electrons. The summed E-state index contributed by atoms with van der Waals surface area (Å²) in [7, 11) is -10.3. The molecule has 5 aromatic rings. The van der Waals surface area contributed by atoms with Crippen LogP contribution in [0.4, 0.5) is 22.7 Å². The Balaban J connectivity index is 1.50. The number of carbonyl (C=O) groups excluding carboxylic acids is 2. The summed E-state index contributed by atoms with van der Waals surface area (Å²) < 4.78 is 81.6. The van der Waals surface area contributed by atoms with E-state index < -0.39 is 70.7 Å². The van der Waals surface area contributed by atoms with Crippen LogP contribution in [-0.2, 0) is 36.2 Å². The molecule has 0 saturated carbocycles. The van der Waals surface area contributed by atoms with Crippen LogP contribution in [0.3, 0.4) is 0 Å². The van der Waals surface area contributed by atoms with Crippen LogP contribution in [0.15, 0.2) is 111 Å². The SMILES string of the molecule is CCCCCc1ccc(Oc2ccccc2N=Nc2c(S(=O)(=O)O)cc3c(S(=O)(=O)O)ccc(NC(=O)COc4cccc(NC(=O)CCl)c4)c3c2O)cc1. The number of amides is 2. The smallest absolute Gasteiger partial charge is 0.296 e. The minimum Gasteiger partial charge on any atom is -0.505 e. The number of halogens is 1. The van der Waals surface area contributed by atoms with Gasteiger partial charge in [0.05, 0.1) is 11.1 Å². The lowest BCUT2D eigenvalue weighted by atomic mass is 10.1. The van der Waals surface area contributed by atoms with Crippen molar-refractivity contribution in [3.63, 3.8) is 0 Å². The topological polar surface area (TPSA) is 230 Å². The number of para-hydroxylation sites is 1. The Morgan fingerprint density at radius 3 is 2.20 bits per heavy atom. The van der Waals surface area contributed by atoms with E-state index in [4.69, 9.17) is 21.1 Å². The highest BCUT2D eigenvalue weighted by Gasteiger charge is 2.28. The molecule has 0 unspecified atom stereocenters. The number of unbranched alkanes of at least 4 members (excludes halogenated alkanes) is 2. The number of benzene rings is 5. The van der Waals surface area contributed by atoms with Crippen molar-refractivity contribution in [2.75, 3.05) is 23.1 Å². The molecule has 5 aromatic carbocycles. The Morgan fingerprint density at radius 1 is 0.782 bits per heavy atom. The Hall–Kier alpha value is -5.59. The summed E-state index contributed by atoms with van der Waals surface area (Å²) in [6, 6.07) is 22.4. The first kappa shape index (κ1) is 40.6. The third-order valence-corrected chi connectivity index (χ3v) is 9.98. The van der Waals surface area contributed by atoms with Crippen LogP contribution in [0.1, 0.15) is 31.7 Å². The van der Waals surface area contributed by atoms with E-state index in [0.29, 0.717) is 17.5 Å². The van der Waals surface area contributed by atoms with Crippen LogP contribution < -0.4 is 20.1 Å². The molecule has 18 heteroatoms. The van der Waals surface area contributed by atoms with Gasteiger partial charge in [-0.3, -0.25) is 18.7 Å². The van der Waals surface area contributed by atoms with Gasteiger partial charge in [-0.1, -0.05) is 50.1 Å². The van der Waals surface area contributed by atoms with Crippen LogP contribution in [0.5, 0.6) is 23.0 Å². The van der Waals surface area contributed by atoms with Crippen molar-refractivity contribution < 1.29 is 50.1 Å². The zero-order chi connectivity index (χ0) is 39.8. The van der Waals surface area contributed by atoms with Crippen molar-refractivity contribution in [2.24, 2.45) is 10.2 Å². The van der Waals surface area contributed by atoms with E-state index in [0.717, 1.165) is 43.4 Å². The second-order valence-corrected chi connectivity index (χ2v) is 15.0. The molecule has 2 amide bonds. The highest BCUT2D eigenvalue weighted by molar-refractivity contribution is 7.86. The van der Waals surface area contributed by atoms with Crippen molar-refractivity contribution in [1.82, 2.24) is 0 Å². The molecule has 0 fully saturated rings. The molecule has 0 spiro atoms. The first-order valence-electron chi connectivity index (χ1n) is 16.6. The quantitative estimate of drug-likeness (QED) is 0.0276. The van der Waals surface area contributed by atoms with Gasteiger partial charge in [-0.15, -0.1) is 21.8 Å². The van der Waals surface area contributed by atoms with Crippen LogP contribution in [0.2, 0.25) is 0 Å². The van der Waals surface area contributed by atoms with Gasteiger partial charge in [-0.25, -0.2) is 0 Å². The molecule has 0 aliphatic heterocycles. The number of aromatic hydroxyl groups is 1. The normalized spacial score (nSPS) is 11.8. The fourth-order valence-corrected chi connectivity index (χ4v) is 6.80. The molecule has 0 aliphatic rings. The summed E-state index contributed by atoms with van der Waals surface area (Å²) in [6.45, 7) is 1.51. The summed E-state index contributed by atoms with van der Waals surface area (Å²) in [6.07, 6.45) is 4.19. The number of fused-ring (bicyclic) bond motifs is 1. The molecule has 5 N–H and O–H groups in total. The van der Waals surface area contributed by atoms with E-state index in [2.05, 4.69) is 27.8 Å². The molecule has 15 nitrogen and oxygen atoms in total. The second-order valence-electron chi connectivity index (χ2n) is 12.0. The molecule has 0 aromatic heterocycles. The van der Waals surface area contributed by atoms with Crippen LogP contribution in [0.25, 0.3) is 10.8 Å². The fourth-order valence-electron chi connectivity index (χ4n) is 5.41. The highest BCUT2D eigenvalue weighted by atomic mass is 35.5. The number of hydrogen-bond acceptors (Lipinski definition) is 11. The zero-order valence-corrected chi connectivity index (χ0v) is 31.5. The molecule has 0 heterocycles. The van der Waals surface area contributed by atoms with Gasteiger partial charge in [0.2, 0.25) is 5.91 Å². The maximum absolute atomic E-state index is 13.1. The first-order chi connectivity index (χ1) is 26.2. The highest BCUT2D eigenvalue weighted by Crippen LogP contribution is 2.46. The molecular weight excluding hydrogens is 776 g/mol. The fraction of sp³-hybridized carbons (Fsp3) is 0.189. The summed E-state index contributed by atoms with van der Waals surface area (Å²) >= 11 is 5.53. The average molecular weight is 811 g/mol. The Morgan fingerprint density at radius 2 is 1.51 bits per heavy atom. The van der Waals surface area contributed by atoms with Crippen LogP contribution in [-0.4, -0.2) is 55.3 Å². The Kier molecular flexibility index (Phi) is 13.1. The third-order valence-electron chi connectivity index (χ3n) is 7.96. The van der Waals surface area contributed by atoms with Gasteiger partial charge in [0, 0.05) is 17.1 Å². The number of nitrogens with one attached hydrogen (secondary N) is 2. The lowest BCUT2D eigenvalue weighted by molar-refractivity contribution is -0.118. The average Bonchev–Trinajstić information content (AvgIpc) is 3.14. The van der Waals surface area contributed by atoms with Gasteiger partial charge in [-0.05, 0) is 73.0 Å². The van der Waals surface area contributed by atoms with Gasteiger partial charge in [0.25, 0.3) is 26.1 Å². The molecule has 0 atom stereocenters. The first-order valence-corrected chi connectivity index (χ1v) is 20.0. The number of ether oxygens (including phenoxy) is 2. The third kappa shape index (κ3) is 10.6. The Bertz CT molecular complexity index is 2480. The van der Waals surface area contributed by atoms with Crippen molar-refractivity contribution in [3.05, 3.63) is 96.6 Å². The molecule has 0 radical (unpaired) electrons. The lowest BCUT2D eigenvalue weighted by Crippen LogP contribution is -2.20. The maximum Gasteiger partial charge on any atom is 0.296 e. The molecular formula is C37H35ClN4O11S2. The number of phenolic OH excluding ortho intramolecular Hbond substituents is 1. The zero-order valence-electron chi connectivity index (χ0n) is 29.1. The van der Waals surface area contributed by atoms with Gasteiger partial charge in [-0.2, -0.15) is 16.8 Å². The van der Waals surface area contributed by atoms with Gasteiger partial charge in [0.15, 0.2) is 18.1 Å². The van der Waals surface area contributed by atoms with Crippen molar-refractivity contribution >= 4 is 77.2 Å². The summed E-state index contributed by atoms with van der Waals surface area (Å²) in [4.78, 5) is 22.8. The number of anilines is 2. The number of nitrogens with zero attached hydrogens (tertiary/aromatic N) is 2. The van der Waals surface area contributed by atoms with E-state index in [1.165, 1.54) is 18.2 Å². The van der Waals surface area contributed by atoms with Gasteiger partial charge in [0.1, 0.15) is 38.5 Å². The molecule has 0 aliphatic carbocycles. The molecule has 5 rings (SSSR count). The minimum absolute atomic E-state index is 0.0824.